The number of hydrogen-bond acceptors (Lipinski definition) is 4. The second-order valence-electron chi connectivity index (χ2n) is 4.38. The summed E-state index contributed by atoms with van der Waals surface area (Å²) in [6.45, 7) is 5.61. The molecule has 0 spiro atoms. The van der Waals surface area contributed by atoms with Crippen molar-refractivity contribution in [2.75, 3.05) is 19.3 Å². The summed E-state index contributed by atoms with van der Waals surface area (Å²) in [5.74, 6) is -0.0954. The molecule has 1 atom stereocenters. The van der Waals surface area contributed by atoms with Gasteiger partial charge in [0.2, 0.25) is 10.0 Å². The number of sulfonamides is 1. The summed E-state index contributed by atoms with van der Waals surface area (Å²) in [6, 6.07) is 0. The molecule has 16 heavy (non-hydrogen) atoms. The van der Waals surface area contributed by atoms with Gasteiger partial charge in [-0.05, 0) is 5.92 Å². The van der Waals surface area contributed by atoms with E-state index in [-0.39, 0.29) is 30.0 Å². The fraction of sp³-hybridized carbons (Fsp3) is 0.889. The summed E-state index contributed by atoms with van der Waals surface area (Å²) in [5, 5.41) is 11.3. The summed E-state index contributed by atoms with van der Waals surface area (Å²) in [5.41, 5.74) is 5.39. The van der Waals surface area contributed by atoms with Gasteiger partial charge in [-0.2, -0.15) is 0 Å². The maximum atomic E-state index is 11.8. The Morgan fingerprint density at radius 1 is 1.44 bits per heavy atom. The Kier molecular flexibility index (Phi) is 5.74. The number of rotatable bonds is 6. The lowest BCUT2D eigenvalue weighted by Crippen LogP contribution is -2.38. The van der Waals surface area contributed by atoms with Crippen LogP contribution in [0.15, 0.2) is 5.16 Å². The maximum absolute atomic E-state index is 11.8. The molecule has 0 rings (SSSR count). The summed E-state index contributed by atoms with van der Waals surface area (Å²) < 4.78 is 24.8. The van der Waals surface area contributed by atoms with Gasteiger partial charge in [0.05, 0.1) is 5.75 Å². The van der Waals surface area contributed by atoms with E-state index in [0.717, 1.165) is 0 Å². The normalized spacial score (nSPS) is 15.8. The van der Waals surface area contributed by atoms with Gasteiger partial charge in [0.25, 0.3) is 0 Å². The Labute approximate surface area is 97.2 Å². The molecule has 0 aromatic rings. The van der Waals surface area contributed by atoms with Gasteiger partial charge >= 0.3 is 0 Å². The molecule has 0 fully saturated rings. The van der Waals surface area contributed by atoms with Crippen LogP contribution in [0.2, 0.25) is 0 Å². The van der Waals surface area contributed by atoms with Crippen molar-refractivity contribution < 1.29 is 13.6 Å². The minimum absolute atomic E-state index is 0.0339. The van der Waals surface area contributed by atoms with Crippen LogP contribution in [0, 0.1) is 11.8 Å². The number of hydrogen-bond donors (Lipinski definition) is 2. The summed E-state index contributed by atoms with van der Waals surface area (Å²) in [7, 11) is -1.76. The van der Waals surface area contributed by atoms with Crippen LogP contribution >= 0.6 is 0 Å². The van der Waals surface area contributed by atoms with E-state index in [0.29, 0.717) is 0 Å². The zero-order chi connectivity index (χ0) is 12.9. The van der Waals surface area contributed by atoms with Crippen LogP contribution in [0.4, 0.5) is 0 Å². The van der Waals surface area contributed by atoms with Gasteiger partial charge in [0.15, 0.2) is 0 Å². The average Bonchev–Trinajstić information content (AvgIpc) is 2.14. The van der Waals surface area contributed by atoms with Gasteiger partial charge in [-0.3, -0.25) is 0 Å². The fourth-order valence-corrected chi connectivity index (χ4v) is 2.79. The van der Waals surface area contributed by atoms with Crippen LogP contribution in [0.5, 0.6) is 0 Å². The number of nitrogens with zero attached hydrogens (tertiary/aromatic N) is 2. The zero-order valence-electron chi connectivity index (χ0n) is 10.2. The van der Waals surface area contributed by atoms with Crippen LogP contribution < -0.4 is 5.73 Å². The van der Waals surface area contributed by atoms with Gasteiger partial charge in [-0.1, -0.05) is 25.9 Å². The molecule has 0 aliphatic rings. The van der Waals surface area contributed by atoms with E-state index < -0.39 is 10.0 Å². The lowest BCUT2D eigenvalue weighted by atomic mass is 10.2. The molecule has 6 nitrogen and oxygen atoms in total. The third-order valence-corrected chi connectivity index (χ3v) is 4.36. The molecule has 0 aliphatic heterocycles. The van der Waals surface area contributed by atoms with Gasteiger partial charge < -0.3 is 10.9 Å². The lowest BCUT2D eigenvalue weighted by molar-refractivity contribution is 0.312. The Hall–Kier alpha value is -0.820. The first-order chi connectivity index (χ1) is 7.20. The molecule has 0 amide bonds. The molecule has 0 saturated carbocycles. The predicted molar refractivity (Wildman–Crippen MR) is 63.8 cm³/mol. The first-order valence-corrected chi connectivity index (χ1v) is 6.73. The Balaban J connectivity index is 4.52. The third-order valence-electron chi connectivity index (χ3n) is 2.17. The Morgan fingerprint density at radius 3 is 2.31 bits per heavy atom. The highest BCUT2D eigenvalue weighted by Crippen LogP contribution is 2.08. The Bertz CT molecular complexity index is 338. The van der Waals surface area contributed by atoms with Crippen molar-refractivity contribution >= 4 is 15.9 Å². The average molecular weight is 251 g/mol. The van der Waals surface area contributed by atoms with Crippen LogP contribution in [-0.4, -0.2) is 43.1 Å². The van der Waals surface area contributed by atoms with Crippen molar-refractivity contribution in [1.82, 2.24) is 4.31 Å². The molecular formula is C9H21N3O3S. The van der Waals surface area contributed by atoms with Gasteiger partial charge in [-0.25, -0.2) is 12.7 Å². The van der Waals surface area contributed by atoms with Gasteiger partial charge in [0, 0.05) is 19.5 Å². The van der Waals surface area contributed by atoms with Crippen molar-refractivity contribution in [3.63, 3.8) is 0 Å². The molecule has 7 heteroatoms. The topological polar surface area (TPSA) is 96.0 Å². The smallest absolute Gasteiger partial charge is 0.214 e. The van der Waals surface area contributed by atoms with E-state index in [1.807, 2.05) is 13.8 Å². The highest BCUT2D eigenvalue weighted by molar-refractivity contribution is 7.89. The van der Waals surface area contributed by atoms with E-state index in [4.69, 9.17) is 10.9 Å². The van der Waals surface area contributed by atoms with Crippen molar-refractivity contribution in [2.24, 2.45) is 22.7 Å². The minimum Gasteiger partial charge on any atom is -0.409 e. The highest BCUT2D eigenvalue weighted by atomic mass is 32.2. The molecule has 0 aliphatic carbocycles. The van der Waals surface area contributed by atoms with Crippen molar-refractivity contribution in [2.45, 2.75) is 20.8 Å². The first kappa shape index (κ1) is 15.2. The van der Waals surface area contributed by atoms with E-state index in [9.17, 15) is 8.42 Å². The highest BCUT2D eigenvalue weighted by Gasteiger charge is 2.22. The first-order valence-electron chi connectivity index (χ1n) is 5.12. The largest absolute Gasteiger partial charge is 0.409 e. The fourth-order valence-electron chi connectivity index (χ4n) is 1.24. The van der Waals surface area contributed by atoms with Crippen LogP contribution in [0.1, 0.15) is 20.8 Å². The monoisotopic (exact) mass is 251 g/mol. The minimum atomic E-state index is -3.26. The van der Waals surface area contributed by atoms with E-state index >= 15 is 0 Å². The van der Waals surface area contributed by atoms with Crippen molar-refractivity contribution in [1.29, 1.82) is 0 Å². The molecule has 1 unspecified atom stereocenters. The second-order valence-corrected chi connectivity index (χ2v) is 6.50. The molecular weight excluding hydrogens is 230 g/mol. The molecule has 96 valence electrons. The second kappa shape index (κ2) is 6.05. The SMILES string of the molecule is CC(C)CS(=O)(=O)N(C)CC(C)C(N)=NO. The summed E-state index contributed by atoms with van der Waals surface area (Å²) in [6.07, 6.45) is 0. The lowest BCUT2D eigenvalue weighted by Gasteiger charge is -2.21. The summed E-state index contributed by atoms with van der Waals surface area (Å²) in [4.78, 5) is 0. The van der Waals surface area contributed by atoms with Gasteiger partial charge in [0.1, 0.15) is 5.84 Å². The van der Waals surface area contributed by atoms with Crippen LogP contribution in [-0.2, 0) is 10.0 Å². The number of oxime groups is 1. The molecule has 0 saturated heterocycles. The molecule has 0 heterocycles. The maximum Gasteiger partial charge on any atom is 0.214 e. The van der Waals surface area contributed by atoms with E-state index in [1.54, 1.807) is 6.92 Å². The molecule has 0 aromatic heterocycles. The number of nitrogens with two attached hydrogens (primary N) is 1. The van der Waals surface area contributed by atoms with Crippen molar-refractivity contribution in [3.05, 3.63) is 0 Å². The molecule has 0 radical (unpaired) electrons. The Morgan fingerprint density at radius 2 is 1.94 bits per heavy atom. The summed E-state index contributed by atoms with van der Waals surface area (Å²) >= 11 is 0. The molecule has 0 bridgehead atoms. The number of amidine groups is 1. The van der Waals surface area contributed by atoms with Gasteiger partial charge in [-0.15, -0.1) is 0 Å². The van der Waals surface area contributed by atoms with E-state index in [1.165, 1.54) is 11.4 Å². The van der Waals surface area contributed by atoms with E-state index in [2.05, 4.69) is 5.16 Å². The van der Waals surface area contributed by atoms with Crippen LogP contribution in [0.3, 0.4) is 0 Å². The predicted octanol–water partition coefficient (Wildman–Crippen LogP) is 0.287. The zero-order valence-corrected chi connectivity index (χ0v) is 11.0. The third kappa shape index (κ3) is 4.80. The molecule has 3 N–H and O–H groups in total. The quantitative estimate of drug-likeness (QED) is 0.307. The standard InChI is InChI=1S/C9H21N3O3S/c1-7(2)6-16(14,15)12(4)5-8(3)9(10)11-13/h7-8,13H,5-6H2,1-4H3,(H2,10,11). The van der Waals surface area contributed by atoms with Crippen molar-refractivity contribution in [3.8, 4) is 0 Å². The molecule has 0 aromatic carbocycles. The van der Waals surface area contributed by atoms with Crippen LogP contribution in [0.25, 0.3) is 0 Å².